The van der Waals surface area contributed by atoms with Gasteiger partial charge in [-0.3, -0.25) is 19.2 Å². The summed E-state index contributed by atoms with van der Waals surface area (Å²) >= 11 is 0. The first kappa shape index (κ1) is 30.8. The summed E-state index contributed by atoms with van der Waals surface area (Å²) in [6.07, 6.45) is -6.57. The van der Waals surface area contributed by atoms with E-state index in [0.29, 0.717) is 0 Å². The minimum atomic E-state index is -3.93. The zero-order chi connectivity index (χ0) is 31.9. The molecule has 1 aliphatic carbocycles. The van der Waals surface area contributed by atoms with Gasteiger partial charge < -0.3 is 30.6 Å². The highest BCUT2D eigenvalue weighted by Gasteiger charge is 2.85. The van der Waals surface area contributed by atoms with Crippen LogP contribution in [-0.2, 0) is 0 Å². The van der Waals surface area contributed by atoms with Crippen LogP contribution in [-0.4, -0.2) is 88.4 Å². The summed E-state index contributed by atoms with van der Waals surface area (Å²) in [5.41, 5.74) is -17.3. The molecule has 1 aliphatic rings. The van der Waals surface area contributed by atoms with Crippen LogP contribution in [0.25, 0.3) is 0 Å². The maximum absolute atomic E-state index is 14.1. The fraction of sp³-hybridized carbons (Fsp3) is 0.176. The van der Waals surface area contributed by atoms with Gasteiger partial charge in [0, 0.05) is 22.3 Å². The monoisotopic (exact) mass is 596 g/mol. The second-order valence-corrected chi connectivity index (χ2v) is 10.7. The van der Waals surface area contributed by atoms with Crippen LogP contribution in [0.2, 0.25) is 0 Å². The van der Waals surface area contributed by atoms with Crippen LogP contribution < -0.4 is 0 Å². The summed E-state index contributed by atoms with van der Waals surface area (Å²) in [6, 6.07) is 26.1. The summed E-state index contributed by atoms with van der Waals surface area (Å²) in [5, 5.41) is 72.8. The Morgan fingerprint density at radius 2 is 0.523 bits per heavy atom. The van der Waals surface area contributed by atoms with Crippen LogP contribution in [0.3, 0.4) is 0 Å². The molecule has 0 radical (unpaired) electrons. The molecule has 1 fully saturated rings. The molecular formula is C34H28O10. The number of benzene rings is 4. The van der Waals surface area contributed by atoms with E-state index in [1.54, 1.807) is 0 Å². The Morgan fingerprint density at radius 1 is 0.364 bits per heavy atom. The predicted octanol–water partition coefficient (Wildman–Crippen LogP) is 1.18. The molecule has 10 heteroatoms. The lowest BCUT2D eigenvalue weighted by atomic mass is 9.49. The third-order valence-electron chi connectivity index (χ3n) is 8.27. The van der Waals surface area contributed by atoms with Gasteiger partial charge in [0.2, 0.25) is 23.1 Å². The van der Waals surface area contributed by atoms with Gasteiger partial charge in [-0.1, -0.05) is 121 Å². The second-order valence-electron chi connectivity index (χ2n) is 10.7. The van der Waals surface area contributed by atoms with Crippen LogP contribution in [0.1, 0.15) is 41.4 Å². The minimum absolute atomic E-state index is 0.408. The van der Waals surface area contributed by atoms with E-state index < -0.39 is 80.0 Å². The molecule has 5 rings (SSSR count). The Kier molecular flexibility index (Phi) is 7.77. The number of aliphatic hydroxyl groups is 6. The number of Topliss-reactive ketones (excluding diaryl/α,β-unsaturated/α-hetero) is 4. The molecule has 1 saturated carbocycles. The van der Waals surface area contributed by atoms with Crippen LogP contribution in [0.5, 0.6) is 0 Å². The summed E-state index contributed by atoms with van der Waals surface area (Å²) in [7, 11) is 0. The van der Waals surface area contributed by atoms with Crippen LogP contribution >= 0.6 is 0 Å². The highest BCUT2D eigenvalue weighted by atomic mass is 16.5. The van der Waals surface area contributed by atoms with Gasteiger partial charge in [0.25, 0.3) is 0 Å². The molecule has 224 valence electrons. The number of aliphatic hydroxyl groups excluding tert-OH is 2. The first-order chi connectivity index (χ1) is 20.9. The molecule has 0 aromatic heterocycles. The number of ketones is 4. The topological polar surface area (TPSA) is 190 Å². The highest BCUT2D eigenvalue weighted by molar-refractivity contribution is 6.19. The van der Waals surface area contributed by atoms with Crippen molar-refractivity contribution in [2.45, 2.75) is 34.6 Å². The van der Waals surface area contributed by atoms with Crippen molar-refractivity contribution in [2.24, 2.45) is 0 Å². The second kappa shape index (κ2) is 11.1. The number of rotatable bonds is 8. The smallest absolute Gasteiger partial charge is 0.200 e. The molecule has 0 unspecified atom stereocenters. The maximum atomic E-state index is 14.1. The molecular weight excluding hydrogens is 568 g/mol. The minimum Gasteiger partial charge on any atom is -0.386 e. The van der Waals surface area contributed by atoms with Gasteiger partial charge in [-0.2, -0.15) is 0 Å². The van der Waals surface area contributed by atoms with Crippen molar-refractivity contribution in [3.05, 3.63) is 144 Å². The SMILES string of the molecule is O=C(c1ccccc1)[C@@]1(O)[C@@H](O)[C@@](O)(C(=O)c2ccccc2)[C@](O)(C(=O)c2ccccc2)[C@@H](O)[C@]1(O)C(=O)c1ccccc1. The molecule has 0 heterocycles. The van der Waals surface area contributed by atoms with Gasteiger partial charge >= 0.3 is 0 Å². The van der Waals surface area contributed by atoms with E-state index in [-0.39, 0.29) is 0 Å². The molecule has 0 saturated heterocycles. The van der Waals surface area contributed by atoms with E-state index in [1.165, 1.54) is 72.8 Å². The Hall–Kier alpha value is -4.68. The molecule has 6 atom stereocenters. The van der Waals surface area contributed by atoms with Gasteiger partial charge in [0.05, 0.1) is 0 Å². The quantitative estimate of drug-likeness (QED) is 0.161. The molecule has 0 bridgehead atoms. The van der Waals surface area contributed by atoms with Crippen LogP contribution in [0.15, 0.2) is 121 Å². The van der Waals surface area contributed by atoms with Crippen molar-refractivity contribution in [3.8, 4) is 0 Å². The van der Waals surface area contributed by atoms with Crippen molar-refractivity contribution >= 4 is 23.1 Å². The van der Waals surface area contributed by atoms with Crippen molar-refractivity contribution in [1.29, 1.82) is 0 Å². The van der Waals surface area contributed by atoms with E-state index in [1.807, 2.05) is 0 Å². The predicted molar refractivity (Wildman–Crippen MR) is 155 cm³/mol. The summed E-state index contributed by atoms with van der Waals surface area (Å²) in [5.74, 6) is -6.37. The molecule has 0 spiro atoms. The van der Waals surface area contributed by atoms with Gasteiger partial charge in [-0.15, -0.1) is 0 Å². The van der Waals surface area contributed by atoms with E-state index in [0.717, 1.165) is 48.5 Å². The van der Waals surface area contributed by atoms with E-state index >= 15 is 0 Å². The molecule has 6 N–H and O–H groups in total. The number of carbonyl (C=O) groups excluding carboxylic acids is 4. The molecule has 0 aliphatic heterocycles. The fourth-order valence-corrected chi connectivity index (χ4v) is 5.87. The molecule has 10 nitrogen and oxygen atoms in total. The molecule has 4 aromatic rings. The van der Waals surface area contributed by atoms with Crippen molar-refractivity contribution in [3.63, 3.8) is 0 Å². The average molecular weight is 597 g/mol. The van der Waals surface area contributed by atoms with Crippen molar-refractivity contribution < 1.29 is 49.8 Å². The van der Waals surface area contributed by atoms with Crippen molar-refractivity contribution in [1.82, 2.24) is 0 Å². The van der Waals surface area contributed by atoms with Gasteiger partial charge in [-0.25, -0.2) is 0 Å². The van der Waals surface area contributed by atoms with Gasteiger partial charge in [0.1, 0.15) is 12.2 Å². The van der Waals surface area contributed by atoms with Crippen molar-refractivity contribution in [2.75, 3.05) is 0 Å². The van der Waals surface area contributed by atoms with Crippen LogP contribution in [0, 0.1) is 0 Å². The zero-order valence-electron chi connectivity index (χ0n) is 23.0. The summed E-state index contributed by atoms with van der Waals surface area (Å²) in [4.78, 5) is 56.4. The molecule has 4 aromatic carbocycles. The molecule has 0 amide bonds. The molecule has 44 heavy (non-hydrogen) atoms. The fourth-order valence-electron chi connectivity index (χ4n) is 5.87. The zero-order valence-corrected chi connectivity index (χ0v) is 23.0. The van der Waals surface area contributed by atoms with E-state index in [2.05, 4.69) is 0 Å². The Morgan fingerprint density at radius 3 is 0.682 bits per heavy atom. The normalized spacial score (nSPS) is 29.9. The average Bonchev–Trinajstić information content (AvgIpc) is 3.09. The highest BCUT2D eigenvalue weighted by Crippen LogP contribution is 2.53. The number of carbonyl (C=O) groups is 4. The number of hydrogen-bond acceptors (Lipinski definition) is 10. The maximum Gasteiger partial charge on any atom is 0.200 e. The van der Waals surface area contributed by atoms with Crippen LogP contribution in [0.4, 0.5) is 0 Å². The summed E-state index contributed by atoms with van der Waals surface area (Å²) in [6.45, 7) is 0. The lowest BCUT2D eigenvalue weighted by Crippen LogP contribution is -2.92. The Bertz CT molecular complexity index is 1460. The largest absolute Gasteiger partial charge is 0.386 e. The first-order valence-corrected chi connectivity index (χ1v) is 13.5. The Balaban J connectivity index is 1.88. The Labute approximate surface area is 251 Å². The standard InChI is InChI=1S/C34H28O10/c35-25(21-13-5-1-6-14-21)31(41)29(39)33(43,27(37)23-17-9-3-10-18-23)34(44,28(38)24-19-11-4-12-20-24)30(40)32(31,42)26(36)22-15-7-2-8-16-22/h1-20,29-30,39-44H/t29-,30+,31-,32-,33+,34+. The lowest BCUT2D eigenvalue weighted by molar-refractivity contribution is -0.313. The van der Waals surface area contributed by atoms with Gasteiger partial charge in [-0.05, 0) is 0 Å². The first-order valence-electron chi connectivity index (χ1n) is 13.5. The number of hydrogen-bond donors (Lipinski definition) is 6. The van der Waals surface area contributed by atoms with E-state index in [9.17, 15) is 49.8 Å². The lowest BCUT2D eigenvalue weighted by Gasteiger charge is -2.60. The van der Waals surface area contributed by atoms with Gasteiger partial charge in [0.15, 0.2) is 22.4 Å². The summed E-state index contributed by atoms with van der Waals surface area (Å²) < 4.78 is 0. The third-order valence-corrected chi connectivity index (χ3v) is 8.27. The third kappa shape index (κ3) is 4.12. The van der Waals surface area contributed by atoms with E-state index in [4.69, 9.17) is 0 Å².